The molecule has 1 heterocycles. The van der Waals surface area contributed by atoms with Gasteiger partial charge in [-0.25, -0.2) is 0 Å². The third-order valence-electron chi connectivity index (χ3n) is 6.35. The van der Waals surface area contributed by atoms with Crippen LogP contribution in [0.1, 0.15) is 38.0 Å². The van der Waals surface area contributed by atoms with Crippen LogP contribution in [0.5, 0.6) is 34.5 Å². The Bertz CT molecular complexity index is 1060. The molecule has 172 valence electrons. The Labute approximate surface area is 186 Å². The van der Waals surface area contributed by atoms with Gasteiger partial charge in [0.05, 0.1) is 21.3 Å². The van der Waals surface area contributed by atoms with Gasteiger partial charge >= 0.3 is 5.97 Å². The lowest BCUT2D eigenvalue weighted by molar-refractivity contribution is -0.150. The smallest absolute Gasteiger partial charge is 0.303 e. The van der Waals surface area contributed by atoms with Crippen LogP contribution in [0.25, 0.3) is 11.1 Å². The first-order valence-electron chi connectivity index (χ1n) is 10.5. The molecular weight excluding hydrogens is 416 g/mol. The molecule has 1 N–H and O–H groups in total. The van der Waals surface area contributed by atoms with Crippen LogP contribution >= 0.6 is 0 Å². The maximum absolute atomic E-state index is 12.1. The van der Waals surface area contributed by atoms with E-state index in [2.05, 4.69) is 6.92 Å². The van der Waals surface area contributed by atoms with Crippen LogP contribution in [0.15, 0.2) is 12.1 Å². The lowest BCUT2D eigenvalue weighted by Gasteiger charge is -2.34. The summed E-state index contributed by atoms with van der Waals surface area (Å²) in [6.45, 7) is 5.57. The minimum Gasteiger partial charge on any atom is -0.504 e. The van der Waals surface area contributed by atoms with Gasteiger partial charge in [0, 0.05) is 29.5 Å². The summed E-state index contributed by atoms with van der Waals surface area (Å²) in [5, 5.41) is 11.4. The normalized spacial score (nSPS) is 21.0. The quantitative estimate of drug-likeness (QED) is 0.700. The summed E-state index contributed by atoms with van der Waals surface area (Å²) in [5.41, 5.74) is 2.64. The van der Waals surface area contributed by atoms with Crippen molar-refractivity contribution >= 4 is 5.97 Å². The SMILES string of the molecule is COc1cc2c(c(O)c1OC)-c1c(cc3c(c1OC)OCO3)C(OC(C)=O)C(C)C(C)C2. The second-order valence-electron chi connectivity index (χ2n) is 8.17. The molecule has 0 amide bonds. The van der Waals surface area contributed by atoms with E-state index in [4.69, 9.17) is 28.4 Å². The molecule has 4 rings (SSSR count). The van der Waals surface area contributed by atoms with Gasteiger partial charge in [-0.3, -0.25) is 4.79 Å². The van der Waals surface area contributed by atoms with Gasteiger partial charge in [-0.05, 0) is 30.0 Å². The molecule has 32 heavy (non-hydrogen) atoms. The van der Waals surface area contributed by atoms with Crippen LogP contribution in [-0.4, -0.2) is 39.2 Å². The summed E-state index contributed by atoms with van der Waals surface area (Å²) in [4.78, 5) is 12.1. The molecule has 8 heteroatoms. The van der Waals surface area contributed by atoms with Gasteiger partial charge in [0.15, 0.2) is 23.0 Å². The summed E-state index contributed by atoms with van der Waals surface area (Å²) in [6, 6.07) is 3.68. The second kappa shape index (κ2) is 8.33. The fourth-order valence-corrected chi connectivity index (χ4v) is 4.64. The van der Waals surface area contributed by atoms with Gasteiger partial charge in [0.2, 0.25) is 18.3 Å². The van der Waals surface area contributed by atoms with E-state index in [0.29, 0.717) is 46.1 Å². The third-order valence-corrected chi connectivity index (χ3v) is 6.35. The lowest BCUT2D eigenvalue weighted by Crippen LogP contribution is -2.26. The number of fused-ring (bicyclic) bond motifs is 4. The number of rotatable bonds is 4. The van der Waals surface area contributed by atoms with Crippen LogP contribution < -0.4 is 23.7 Å². The second-order valence-corrected chi connectivity index (χ2v) is 8.17. The molecule has 2 aromatic carbocycles. The molecule has 1 aliphatic carbocycles. The fraction of sp³-hybridized carbons (Fsp3) is 0.458. The van der Waals surface area contributed by atoms with Crippen LogP contribution in [0.2, 0.25) is 0 Å². The van der Waals surface area contributed by atoms with E-state index < -0.39 is 12.1 Å². The third kappa shape index (κ3) is 3.34. The van der Waals surface area contributed by atoms with Gasteiger partial charge in [0.1, 0.15) is 6.10 Å². The zero-order valence-corrected chi connectivity index (χ0v) is 19.1. The number of methoxy groups -OCH3 is 3. The number of carbonyl (C=O) groups is 1. The molecule has 0 aromatic heterocycles. The van der Waals surface area contributed by atoms with Crippen LogP contribution in [-0.2, 0) is 16.0 Å². The van der Waals surface area contributed by atoms with Crippen molar-refractivity contribution in [3.8, 4) is 45.6 Å². The Kier molecular flexibility index (Phi) is 5.71. The molecule has 0 radical (unpaired) electrons. The molecule has 0 saturated carbocycles. The Balaban J connectivity index is 2.14. The first kappa shape index (κ1) is 21.9. The number of ether oxygens (including phenoxy) is 6. The average Bonchev–Trinajstić information content (AvgIpc) is 3.23. The molecule has 0 saturated heterocycles. The number of hydrogen-bond acceptors (Lipinski definition) is 8. The van der Waals surface area contributed by atoms with Gasteiger partial charge < -0.3 is 33.5 Å². The zero-order chi connectivity index (χ0) is 23.2. The number of phenolic OH excluding ortho intramolecular Hbond substituents is 1. The van der Waals surface area contributed by atoms with Gasteiger partial charge in [-0.15, -0.1) is 0 Å². The minimum atomic E-state index is -0.582. The van der Waals surface area contributed by atoms with Crippen molar-refractivity contribution in [2.45, 2.75) is 33.3 Å². The summed E-state index contributed by atoms with van der Waals surface area (Å²) >= 11 is 0. The minimum absolute atomic E-state index is 0.0360. The van der Waals surface area contributed by atoms with E-state index >= 15 is 0 Å². The molecule has 3 atom stereocenters. The van der Waals surface area contributed by atoms with Crippen LogP contribution in [0.3, 0.4) is 0 Å². The molecule has 2 aliphatic rings. The fourth-order valence-electron chi connectivity index (χ4n) is 4.64. The molecule has 0 bridgehead atoms. The summed E-state index contributed by atoms with van der Waals surface area (Å²) in [7, 11) is 4.53. The van der Waals surface area contributed by atoms with Gasteiger partial charge in [-0.2, -0.15) is 0 Å². The van der Waals surface area contributed by atoms with Gasteiger partial charge in [0.25, 0.3) is 0 Å². The zero-order valence-electron chi connectivity index (χ0n) is 19.1. The maximum Gasteiger partial charge on any atom is 0.303 e. The molecular formula is C24H28O8. The predicted molar refractivity (Wildman–Crippen MR) is 116 cm³/mol. The lowest BCUT2D eigenvalue weighted by atomic mass is 9.76. The molecule has 0 fully saturated rings. The number of esters is 1. The number of aromatic hydroxyl groups is 1. The van der Waals surface area contributed by atoms with E-state index in [1.807, 2.05) is 19.1 Å². The van der Waals surface area contributed by atoms with E-state index in [-0.39, 0.29) is 30.1 Å². The average molecular weight is 444 g/mol. The summed E-state index contributed by atoms with van der Waals surface area (Å²) in [6.07, 6.45) is 0.0284. The highest BCUT2D eigenvalue weighted by Crippen LogP contribution is 2.58. The maximum atomic E-state index is 12.1. The largest absolute Gasteiger partial charge is 0.504 e. The molecule has 8 nitrogen and oxygen atoms in total. The monoisotopic (exact) mass is 444 g/mol. The van der Waals surface area contributed by atoms with Crippen LogP contribution in [0.4, 0.5) is 0 Å². The topological polar surface area (TPSA) is 92.7 Å². The standard InChI is InChI=1S/C24H28O8/c1-11-7-14-8-16(27-4)22(28-5)20(26)18(14)19-15(21(12(11)2)32-13(3)25)9-17-23(24(19)29-6)31-10-30-17/h8-9,11-12,21,26H,7,10H2,1-6H3. The first-order valence-corrected chi connectivity index (χ1v) is 10.5. The number of carbonyl (C=O) groups excluding carboxylic acids is 1. The number of phenols is 1. The van der Waals surface area contributed by atoms with E-state index in [0.717, 1.165) is 5.56 Å². The summed E-state index contributed by atoms with van der Waals surface area (Å²) < 4.78 is 33.9. The highest BCUT2D eigenvalue weighted by atomic mass is 16.7. The Morgan fingerprint density at radius 2 is 1.75 bits per heavy atom. The Morgan fingerprint density at radius 1 is 1.03 bits per heavy atom. The van der Waals surface area contributed by atoms with Crippen molar-refractivity contribution in [1.29, 1.82) is 0 Å². The van der Waals surface area contributed by atoms with Crippen LogP contribution in [0, 0.1) is 11.8 Å². The summed E-state index contributed by atoms with van der Waals surface area (Å²) in [5.74, 6) is 1.58. The van der Waals surface area contributed by atoms with E-state index in [9.17, 15) is 9.90 Å². The highest BCUT2D eigenvalue weighted by molar-refractivity contribution is 5.88. The molecule has 3 unspecified atom stereocenters. The van der Waals surface area contributed by atoms with Crippen molar-refractivity contribution in [1.82, 2.24) is 0 Å². The number of hydrogen-bond donors (Lipinski definition) is 1. The predicted octanol–water partition coefficient (Wildman–Crippen LogP) is 4.25. The molecule has 2 aromatic rings. The van der Waals surface area contributed by atoms with E-state index in [1.165, 1.54) is 28.3 Å². The van der Waals surface area contributed by atoms with E-state index in [1.54, 1.807) is 0 Å². The van der Waals surface area contributed by atoms with Crippen molar-refractivity contribution < 1.29 is 38.3 Å². The number of benzene rings is 2. The van der Waals surface area contributed by atoms with Crippen molar-refractivity contribution in [2.24, 2.45) is 11.8 Å². The Hall–Kier alpha value is -3.29. The van der Waals surface area contributed by atoms with Crippen molar-refractivity contribution in [3.63, 3.8) is 0 Å². The van der Waals surface area contributed by atoms with Gasteiger partial charge in [-0.1, -0.05) is 13.8 Å². The highest BCUT2D eigenvalue weighted by Gasteiger charge is 2.39. The molecule has 0 spiro atoms. The first-order chi connectivity index (χ1) is 15.3. The Morgan fingerprint density at radius 3 is 2.38 bits per heavy atom. The molecule has 1 aliphatic heterocycles. The van der Waals surface area contributed by atoms with Crippen molar-refractivity contribution in [3.05, 3.63) is 23.3 Å². The van der Waals surface area contributed by atoms with Crippen molar-refractivity contribution in [2.75, 3.05) is 28.1 Å².